The van der Waals surface area contributed by atoms with Crippen LogP contribution in [0.25, 0.3) is 0 Å². The third kappa shape index (κ3) is 3.14. The number of aryl methyl sites for hydroxylation is 1. The van der Waals surface area contributed by atoms with Gasteiger partial charge in [-0.2, -0.15) is 0 Å². The molecule has 0 aliphatic carbocycles. The topological polar surface area (TPSA) is 35.2 Å². The van der Waals surface area contributed by atoms with E-state index in [2.05, 4.69) is 0 Å². The summed E-state index contributed by atoms with van der Waals surface area (Å²) < 4.78 is 32.1. The third-order valence-electron chi connectivity index (χ3n) is 3.14. The van der Waals surface area contributed by atoms with Crippen LogP contribution in [0.3, 0.4) is 0 Å². The van der Waals surface area contributed by atoms with Gasteiger partial charge in [0.05, 0.1) is 0 Å². The highest BCUT2D eigenvalue weighted by molar-refractivity contribution is 5.37. The van der Waals surface area contributed by atoms with Crippen LogP contribution in [0.5, 0.6) is 5.75 Å². The lowest BCUT2D eigenvalue weighted by Crippen LogP contribution is -2.06. The third-order valence-corrected chi connectivity index (χ3v) is 3.14. The summed E-state index contributed by atoms with van der Waals surface area (Å²) in [6.07, 6.45) is 0. The van der Waals surface area contributed by atoms with Gasteiger partial charge < -0.3 is 10.5 Å². The molecule has 0 spiro atoms. The van der Waals surface area contributed by atoms with Crippen molar-refractivity contribution in [3.63, 3.8) is 0 Å². The van der Waals surface area contributed by atoms with Crippen molar-refractivity contribution in [2.75, 3.05) is 0 Å². The summed E-state index contributed by atoms with van der Waals surface area (Å²) in [7, 11) is 0. The first-order valence-electron chi connectivity index (χ1n) is 6.41. The maximum absolute atomic E-state index is 13.5. The summed E-state index contributed by atoms with van der Waals surface area (Å²) in [6, 6.07) is 9.60. The number of ether oxygens (including phenoxy) is 1. The molecule has 0 aliphatic rings. The van der Waals surface area contributed by atoms with Crippen molar-refractivity contribution in [1.29, 1.82) is 0 Å². The Morgan fingerprint density at radius 3 is 2.60 bits per heavy atom. The average Bonchev–Trinajstić information content (AvgIpc) is 2.41. The van der Waals surface area contributed by atoms with E-state index in [1.165, 1.54) is 12.1 Å². The van der Waals surface area contributed by atoms with Gasteiger partial charge >= 0.3 is 0 Å². The highest BCUT2D eigenvalue weighted by Gasteiger charge is 2.09. The predicted octanol–water partition coefficient (Wildman–Crippen LogP) is 3.87. The van der Waals surface area contributed by atoms with Crippen LogP contribution in [-0.4, -0.2) is 0 Å². The van der Waals surface area contributed by atoms with Crippen LogP contribution in [-0.2, 0) is 6.61 Å². The lowest BCUT2D eigenvalue weighted by atomic mass is 10.1. The van der Waals surface area contributed by atoms with Gasteiger partial charge in [-0.25, -0.2) is 8.78 Å². The lowest BCUT2D eigenvalue weighted by molar-refractivity contribution is 0.295. The first-order chi connectivity index (χ1) is 9.49. The van der Waals surface area contributed by atoms with E-state index in [-0.39, 0.29) is 18.2 Å². The zero-order valence-electron chi connectivity index (χ0n) is 11.5. The van der Waals surface area contributed by atoms with Crippen molar-refractivity contribution < 1.29 is 13.5 Å². The van der Waals surface area contributed by atoms with Crippen LogP contribution in [0.15, 0.2) is 36.4 Å². The van der Waals surface area contributed by atoms with Crippen molar-refractivity contribution in [2.24, 2.45) is 5.73 Å². The second kappa shape index (κ2) is 6.01. The molecule has 2 N–H and O–H groups in total. The monoisotopic (exact) mass is 277 g/mol. The van der Waals surface area contributed by atoms with Crippen LogP contribution in [0, 0.1) is 18.6 Å². The molecule has 0 heterocycles. The average molecular weight is 277 g/mol. The minimum absolute atomic E-state index is 0.0119. The number of hydrogen-bond acceptors (Lipinski definition) is 2. The maximum atomic E-state index is 13.5. The van der Waals surface area contributed by atoms with Crippen LogP contribution >= 0.6 is 0 Å². The Labute approximate surface area is 117 Å². The van der Waals surface area contributed by atoms with E-state index >= 15 is 0 Å². The molecule has 0 aromatic heterocycles. The molecule has 0 radical (unpaired) electrons. The van der Waals surface area contributed by atoms with Gasteiger partial charge in [-0.1, -0.05) is 24.3 Å². The molecule has 0 bridgehead atoms. The molecule has 106 valence electrons. The Bertz CT molecular complexity index is 611. The van der Waals surface area contributed by atoms with Gasteiger partial charge in [0.25, 0.3) is 0 Å². The molecule has 0 fully saturated rings. The second-order valence-electron chi connectivity index (χ2n) is 4.82. The number of halogens is 2. The van der Waals surface area contributed by atoms with E-state index < -0.39 is 11.6 Å². The molecule has 0 saturated heterocycles. The van der Waals surface area contributed by atoms with Crippen LogP contribution in [0.4, 0.5) is 8.78 Å². The maximum Gasteiger partial charge on any atom is 0.165 e. The molecule has 2 nitrogen and oxygen atoms in total. The summed E-state index contributed by atoms with van der Waals surface area (Å²) in [5, 5.41) is 0. The van der Waals surface area contributed by atoms with E-state index in [1.807, 2.05) is 26.0 Å². The molecule has 2 aromatic rings. The first kappa shape index (κ1) is 14.5. The number of rotatable bonds is 4. The van der Waals surface area contributed by atoms with Gasteiger partial charge in [-0.3, -0.25) is 0 Å². The van der Waals surface area contributed by atoms with Crippen LogP contribution in [0.2, 0.25) is 0 Å². The quantitative estimate of drug-likeness (QED) is 0.920. The Morgan fingerprint density at radius 2 is 1.95 bits per heavy atom. The van der Waals surface area contributed by atoms with Crippen molar-refractivity contribution in [1.82, 2.24) is 0 Å². The van der Waals surface area contributed by atoms with Crippen molar-refractivity contribution in [2.45, 2.75) is 26.5 Å². The molecule has 2 aromatic carbocycles. The molecular weight excluding hydrogens is 260 g/mol. The minimum Gasteiger partial charge on any atom is -0.489 e. The smallest absolute Gasteiger partial charge is 0.165 e. The predicted molar refractivity (Wildman–Crippen MR) is 74.5 cm³/mol. The van der Waals surface area contributed by atoms with E-state index in [1.54, 1.807) is 6.07 Å². The Morgan fingerprint density at radius 1 is 1.20 bits per heavy atom. The molecule has 1 atom stereocenters. The molecule has 0 aliphatic heterocycles. The van der Waals surface area contributed by atoms with Crippen molar-refractivity contribution in [3.05, 3.63) is 64.7 Å². The van der Waals surface area contributed by atoms with Gasteiger partial charge in [0.2, 0.25) is 0 Å². The molecule has 20 heavy (non-hydrogen) atoms. The highest BCUT2D eigenvalue weighted by atomic mass is 19.2. The fraction of sp³-hybridized carbons (Fsp3) is 0.250. The van der Waals surface area contributed by atoms with Crippen molar-refractivity contribution in [3.8, 4) is 5.75 Å². The Hall–Kier alpha value is -1.94. The Kier molecular flexibility index (Phi) is 4.35. The molecule has 0 saturated carbocycles. The second-order valence-corrected chi connectivity index (χ2v) is 4.82. The normalized spacial score (nSPS) is 12.2. The molecule has 0 unspecified atom stereocenters. The fourth-order valence-electron chi connectivity index (χ4n) is 1.93. The highest BCUT2D eigenvalue weighted by Crippen LogP contribution is 2.23. The largest absolute Gasteiger partial charge is 0.489 e. The molecule has 0 amide bonds. The molecule has 4 heteroatoms. The van der Waals surface area contributed by atoms with Gasteiger partial charge in [0.15, 0.2) is 11.6 Å². The zero-order chi connectivity index (χ0) is 14.7. The SMILES string of the molecule is Cc1cc([C@H](C)N)ccc1OCc1cccc(F)c1F. The first-order valence-corrected chi connectivity index (χ1v) is 6.41. The van der Waals surface area contributed by atoms with Crippen LogP contribution < -0.4 is 10.5 Å². The van der Waals surface area contributed by atoms with E-state index in [0.29, 0.717) is 5.75 Å². The summed E-state index contributed by atoms with van der Waals surface area (Å²) in [4.78, 5) is 0. The van der Waals surface area contributed by atoms with Gasteiger partial charge in [0.1, 0.15) is 12.4 Å². The van der Waals surface area contributed by atoms with Gasteiger partial charge in [-0.15, -0.1) is 0 Å². The summed E-state index contributed by atoms with van der Waals surface area (Å²) in [5.41, 5.74) is 7.92. The van der Waals surface area contributed by atoms with Gasteiger partial charge in [-0.05, 0) is 37.1 Å². The molecular formula is C16H17F2NO. The van der Waals surface area contributed by atoms with E-state index in [0.717, 1.165) is 17.2 Å². The standard InChI is InChI=1S/C16H17F2NO/c1-10-8-12(11(2)19)6-7-15(10)20-9-13-4-3-5-14(17)16(13)18/h3-8,11H,9,19H2,1-2H3/t11-/m0/s1. The number of nitrogens with two attached hydrogens (primary N) is 1. The fourth-order valence-corrected chi connectivity index (χ4v) is 1.93. The summed E-state index contributed by atoms with van der Waals surface area (Å²) in [6.45, 7) is 3.78. The summed E-state index contributed by atoms with van der Waals surface area (Å²) >= 11 is 0. The summed E-state index contributed by atoms with van der Waals surface area (Å²) in [5.74, 6) is -1.09. The van der Waals surface area contributed by atoms with E-state index in [4.69, 9.17) is 10.5 Å². The Balaban J connectivity index is 2.13. The van der Waals surface area contributed by atoms with Crippen molar-refractivity contribution >= 4 is 0 Å². The number of benzene rings is 2. The minimum atomic E-state index is -0.866. The van der Waals surface area contributed by atoms with Crippen LogP contribution in [0.1, 0.15) is 29.7 Å². The number of hydrogen-bond donors (Lipinski definition) is 1. The zero-order valence-corrected chi connectivity index (χ0v) is 11.5. The van der Waals surface area contributed by atoms with E-state index in [9.17, 15) is 8.78 Å². The van der Waals surface area contributed by atoms with Gasteiger partial charge in [0, 0.05) is 11.6 Å². The molecule has 2 rings (SSSR count). The lowest BCUT2D eigenvalue weighted by Gasteiger charge is -2.12.